The first kappa shape index (κ1) is 34.8. The Kier molecular flexibility index (Phi) is 13.3. The van der Waals surface area contributed by atoms with E-state index in [2.05, 4.69) is 10.6 Å². The normalized spacial score (nSPS) is 14.4. The molecule has 0 aromatic carbocycles. The van der Waals surface area contributed by atoms with Gasteiger partial charge >= 0.3 is 23.9 Å². The summed E-state index contributed by atoms with van der Waals surface area (Å²) in [5, 5.41) is 6.10. The van der Waals surface area contributed by atoms with E-state index < -0.39 is 58.4 Å². The molecule has 0 spiro atoms. The lowest BCUT2D eigenvalue weighted by Gasteiger charge is -2.26. The third-order valence-corrected chi connectivity index (χ3v) is 4.10. The minimum atomic E-state index is -0.891. The summed E-state index contributed by atoms with van der Waals surface area (Å²) in [6, 6.07) is -1.78. The molecule has 0 bridgehead atoms. The second-order valence-corrected chi connectivity index (χ2v) is 13.0. The zero-order chi connectivity index (χ0) is 29.2. The van der Waals surface area contributed by atoms with E-state index in [0.717, 1.165) is 0 Å². The van der Waals surface area contributed by atoms with Crippen molar-refractivity contribution in [1.82, 2.24) is 10.6 Å². The second-order valence-electron chi connectivity index (χ2n) is 13.0. The van der Waals surface area contributed by atoms with Gasteiger partial charge in [0.2, 0.25) is 0 Å². The lowest BCUT2D eigenvalue weighted by Crippen LogP contribution is -2.46. The molecule has 0 aliphatic carbocycles. The molecule has 0 saturated heterocycles. The fourth-order valence-electron chi connectivity index (χ4n) is 2.96. The predicted molar refractivity (Wildman–Crippen MR) is 141 cm³/mol. The van der Waals surface area contributed by atoms with Gasteiger partial charge in [-0.15, -0.1) is 0 Å². The van der Waals surface area contributed by atoms with Crippen molar-refractivity contribution in [3.8, 4) is 0 Å². The summed E-state index contributed by atoms with van der Waals surface area (Å²) < 4.78 is 21.6. The Labute approximate surface area is 222 Å². The van der Waals surface area contributed by atoms with Crippen molar-refractivity contribution in [3.63, 3.8) is 0 Å². The molecular weight excluding hydrogens is 480 g/mol. The highest BCUT2D eigenvalue weighted by atomic mass is 16.6. The summed E-state index contributed by atoms with van der Waals surface area (Å²) in [6.07, 6.45) is 0.124. The molecule has 0 saturated carbocycles. The maximum absolute atomic E-state index is 12.7. The van der Waals surface area contributed by atoms with Crippen molar-refractivity contribution < 1.29 is 38.1 Å². The highest BCUT2D eigenvalue weighted by Crippen LogP contribution is 2.15. The largest absolute Gasteiger partial charge is 0.460 e. The molecule has 0 radical (unpaired) electrons. The van der Waals surface area contributed by atoms with Crippen molar-refractivity contribution in [2.75, 3.05) is 13.1 Å². The minimum absolute atomic E-state index is 0.182. The van der Waals surface area contributed by atoms with E-state index >= 15 is 0 Å². The summed E-state index contributed by atoms with van der Waals surface area (Å²) in [5.41, 5.74) is -2.78. The first-order chi connectivity index (χ1) is 16.5. The topological polar surface area (TPSA) is 129 Å². The van der Waals surface area contributed by atoms with Crippen LogP contribution in [-0.4, -0.2) is 71.5 Å². The lowest BCUT2D eigenvalue weighted by atomic mass is 10.1. The Morgan fingerprint density at radius 3 is 1.03 bits per heavy atom. The number of carbonyl (C=O) groups is 4. The molecule has 0 aliphatic heterocycles. The van der Waals surface area contributed by atoms with Gasteiger partial charge in [0.05, 0.1) is 12.8 Å². The van der Waals surface area contributed by atoms with E-state index in [1.165, 1.54) is 0 Å². The summed E-state index contributed by atoms with van der Waals surface area (Å²) in [5.74, 6) is -2.14. The quantitative estimate of drug-likeness (QED) is 0.220. The molecule has 0 aliphatic rings. The molecule has 0 rings (SSSR count). The van der Waals surface area contributed by atoms with Gasteiger partial charge in [0.15, 0.2) is 0 Å². The fourth-order valence-corrected chi connectivity index (χ4v) is 2.96. The summed E-state index contributed by atoms with van der Waals surface area (Å²) in [4.78, 5) is 50.0. The lowest BCUT2D eigenvalue weighted by molar-refractivity contribution is -0.164. The molecule has 0 fully saturated rings. The number of nitrogens with one attached hydrogen (secondary N) is 2. The van der Waals surface area contributed by atoms with Crippen LogP contribution >= 0.6 is 0 Å². The van der Waals surface area contributed by atoms with Crippen LogP contribution in [0.1, 0.15) is 102 Å². The van der Waals surface area contributed by atoms with Crippen LogP contribution < -0.4 is 10.6 Å². The van der Waals surface area contributed by atoms with Crippen molar-refractivity contribution >= 4 is 23.9 Å². The fraction of sp³-hybridized carbons (Fsp3) is 0.852. The first-order valence-electron chi connectivity index (χ1n) is 12.8. The molecule has 37 heavy (non-hydrogen) atoms. The van der Waals surface area contributed by atoms with Crippen LogP contribution in [0.5, 0.6) is 0 Å². The van der Waals surface area contributed by atoms with Crippen LogP contribution in [0, 0.1) is 0 Å². The molecule has 0 heterocycles. The van der Waals surface area contributed by atoms with Gasteiger partial charge in [0.1, 0.15) is 34.5 Å². The number of esters is 4. The molecule has 2 atom stereocenters. The molecule has 0 unspecified atom stereocenters. The molecular formula is C27H50N2O8. The van der Waals surface area contributed by atoms with Gasteiger partial charge in [-0.1, -0.05) is 0 Å². The molecule has 0 amide bonds. The Hall–Kier alpha value is -2.20. The molecule has 10 nitrogen and oxygen atoms in total. The molecule has 0 aromatic heterocycles. The monoisotopic (exact) mass is 530 g/mol. The van der Waals surface area contributed by atoms with Gasteiger partial charge in [-0.3, -0.25) is 19.2 Å². The average Bonchev–Trinajstić information content (AvgIpc) is 2.59. The number of ether oxygens (including phenoxy) is 4. The zero-order valence-corrected chi connectivity index (χ0v) is 25.0. The van der Waals surface area contributed by atoms with Gasteiger partial charge in [0.25, 0.3) is 0 Å². The van der Waals surface area contributed by atoms with Crippen molar-refractivity contribution in [1.29, 1.82) is 0 Å². The number of rotatable bonds is 12. The first-order valence-corrected chi connectivity index (χ1v) is 12.8. The molecule has 10 heteroatoms. The van der Waals surface area contributed by atoms with Crippen molar-refractivity contribution in [2.45, 2.75) is 137 Å². The second kappa shape index (κ2) is 14.1. The van der Waals surface area contributed by atoms with E-state index in [1.807, 2.05) is 0 Å². The van der Waals surface area contributed by atoms with Crippen LogP contribution in [0.15, 0.2) is 0 Å². The minimum Gasteiger partial charge on any atom is -0.460 e. The highest BCUT2D eigenvalue weighted by molar-refractivity contribution is 5.83. The van der Waals surface area contributed by atoms with Crippen LogP contribution in [0.3, 0.4) is 0 Å². The SMILES string of the molecule is CC(C)(C)OC(=O)C[C@H](NCCCN[C@@H](CC(=O)OC(C)(C)C)C(=O)OC(C)(C)C)C(=O)OC(C)(C)C. The number of hydrogen-bond acceptors (Lipinski definition) is 10. The maximum atomic E-state index is 12.7. The van der Waals surface area contributed by atoms with Gasteiger partial charge in [0, 0.05) is 0 Å². The summed E-state index contributed by atoms with van der Waals surface area (Å²) in [7, 11) is 0. The summed E-state index contributed by atoms with van der Waals surface area (Å²) in [6.45, 7) is 21.7. The van der Waals surface area contributed by atoms with Gasteiger partial charge < -0.3 is 29.6 Å². The highest BCUT2D eigenvalue weighted by Gasteiger charge is 2.31. The Balaban J connectivity index is 5.12. The van der Waals surface area contributed by atoms with Gasteiger partial charge in [-0.25, -0.2) is 0 Å². The van der Waals surface area contributed by atoms with Crippen LogP contribution in [0.4, 0.5) is 0 Å². The van der Waals surface area contributed by atoms with Crippen molar-refractivity contribution in [2.24, 2.45) is 0 Å². The Bertz CT molecular complexity index is 703. The van der Waals surface area contributed by atoms with E-state index in [1.54, 1.807) is 83.1 Å². The molecule has 2 N–H and O–H groups in total. The molecule has 0 aromatic rings. The van der Waals surface area contributed by atoms with Crippen molar-refractivity contribution in [3.05, 3.63) is 0 Å². The third-order valence-electron chi connectivity index (χ3n) is 4.10. The smallest absolute Gasteiger partial charge is 0.324 e. The Morgan fingerprint density at radius 1 is 0.514 bits per heavy atom. The molecule has 216 valence electrons. The predicted octanol–water partition coefficient (Wildman–Crippen LogP) is 3.44. The van der Waals surface area contributed by atoms with Crippen LogP contribution in [0.2, 0.25) is 0 Å². The average molecular weight is 531 g/mol. The van der Waals surface area contributed by atoms with Gasteiger partial charge in [-0.05, 0) is 103 Å². The van der Waals surface area contributed by atoms with Crippen LogP contribution in [-0.2, 0) is 38.1 Å². The zero-order valence-electron chi connectivity index (χ0n) is 25.0. The van der Waals surface area contributed by atoms with E-state index in [4.69, 9.17) is 18.9 Å². The van der Waals surface area contributed by atoms with E-state index in [-0.39, 0.29) is 12.8 Å². The number of hydrogen-bond donors (Lipinski definition) is 2. The van der Waals surface area contributed by atoms with E-state index in [9.17, 15) is 19.2 Å². The van der Waals surface area contributed by atoms with E-state index in [0.29, 0.717) is 19.5 Å². The third kappa shape index (κ3) is 19.6. The van der Waals surface area contributed by atoms with Gasteiger partial charge in [-0.2, -0.15) is 0 Å². The number of carbonyl (C=O) groups excluding carboxylic acids is 4. The Morgan fingerprint density at radius 2 is 0.784 bits per heavy atom. The van der Waals surface area contributed by atoms with Crippen LogP contribution in [0.25, 0.3) is 0 Å². The summed E-state index contributed by atoms with van der Waals surface area (Å²) >= 11 is 0. The maximum Gasteiger partial charge on any atom is 0.324 e. The standard InChI is InChI=1S/C27H50N2O8/c1-24(2,3)34-20(30)16-18(22(32)36-26(7,8)9)28-14-13-15-29-19(23(33)37-27(10,11)12)17-21(31)35-25(4,5)6/h18-19,28-29H,13-17H2,1-12H3/t18-,19-/m0/s1.